The first-order valence-corrected chi connectivity index (χ1v) is 10.1. The molecule has 144 valence electrons. The molecule has 1 saturated carbocycles. The molecule has 0 radical (unpaired) electrons. The van der Waals surface area contributed by atoms with Gasteiger partial charge in [-0.15, -0.1) is 0 Å². The molecular weight excluding hydrogens is 346 g/mol. The molecule has 26 heavy (non-hydrogen) atoms. The van der Waals surface area contributed by atoms with Crippen LogP contribution in [0.3, 0.4) is 0 Å². The Morgan fingerprint density at radius 1 is 1.08 bits per heavy atom. The number of nitrogens with zero attached hydrogens (tertiary/aromatic N) is 2. The van der Waals surface area contributed by atoms with Crippen LogP contribution in [0.25, 0.3) is 0 Å². The second-order valence-electron chi connectivity index (χ2n) is 7.23. The fourth-order valence-corrected chi connectivity index (χ4v) is 4.22. The minimum Gasteiger partial charge on any atom is -0.497 e. The molecule has 0 atom stereocenters. The van der Waals surface area contributed by atoms with Gasteiger partial charge in [0.05, 0.1) is 14.2 Å². The Kier molecular flexibility index (Phi) is 6.97. The summed E-state index contributed by atoms with van der Waals surface area (Å²) < 4.78 is 10.9. The average Bonchev–Trinajstić information content (AvgIpc) is 2.69. The zero-order chi connectivity index (χ0) is 18.4. The molecule has 0 spiro atoms. The molecule has 2 fully saturated rings. The van der Waals surface area contributed by atoms with Crippen LogP contribution in [-0.2, 0) is 6.54 Å². The second-order valence-corrected chi connectivity index (χ2v) is 7.61. The van der Waals surface area contributed by atoms with E-state index in [1.54, 1.807) is 14.2 Å². The number of nitrogens with one attached hydrogen (secondary N) is 1. The normalized spacial score (nSPS) is 19.2. The molecule has 2 aliphatic rings. The van der Waals surface area contributed by atoms with Crippen molar-refractivity contribution < 1.29 is 9.47 Å². The third kappa shape index (κ3) is 5.01. The smallest absolute Gasteiger partial charge is 0.169 e. The van der Waals surface area contributed by atoms with Crippen molar-refractivity contribution in [1.29, 1.82) is 0 Å². The highest BCUT2D eigenvalue weighted by Crippen LogP contribution is 2.25. The molecule has 1 aromatic rings. The van der Waals surface area contributed by atoms with Crippen molar-refractivity contribution in [2.45, 2.75) is 44.7 Å². The van der Waals surface area contributed by atoms with Crippen molar-refractivity contribution in [3.8, 4) is 11.5 Å². The first-order valence-electron chi connectivity index (χ1n) is 9.68. The van der Waals surface area contributed by atoms with Crippen molar-refractivity contribution in [3.63, 3.8) is 0 Å². The van der Waals surface area contributed by atoms with Gasteiger partial charge in [-0.1, -0.05) is 19.3 Å². The summed E-state index contributed by atoms with van der Waals surface area (Å²) >= 11 is 5.66. The maximum atomic E-state index is 5.66. The van der Waals surface area contributed by atoms with Gasteiger partial charge in [0.25, 0.3) is 0 Å². The van der Waals surface area contributed by atoms with Crippen molar-refractivity contribution in [2.24, 2.45) is 0 Å². The fourth-order valence-electron chi connectivity index (χ4n) is 3.87. The number of piperazine rings is 1. The van der Waals surface area contributed by atoms with Gasteiger partial charge in [-0.3, -0.25) is 4.90 Å². The summed E-state index contributed by atoms with van der Waals surface area (Å²) in [4.78, 5) is 4.78. The fraction of sp³-hybridized carbons (Fsp3) is 0.650. The van der Waals surface area contributed by atoms with E-state index in [9.17, 15) is 0 Å². The van der Waals surface area contributed by atoms with Crippen LogP contribution in [0.1, 0.15) is 37.7 Å². The third-order valence-corrected chi connectivity index (χ3v) is 5.85. The third-order valence-electron chi connectivity index (χ3n) is 5.47. The van der Waals surface area contributed by atoms with Gasteiger partial charge in [0, 0.05) is 44.3 Å². The van der Waals surface area contributed by atoms with E-state index in [2.05, 4.69) is 21.2 Å². The van der Waals surface area contributed by atoms with Gasteiger partial charge in [-0.25, -0.2) is 0 Å². The first kappa shape index (κ1) is 19.2. The highest BCUT2D eigenvalue weighted by molar-refractivity contribution is 7.80. The maximum Gasteiger partial charge on any atom is 0.169 e. The van der Waals surface area contributed by atoms with Crippen LogP contribution in [0.5, 0.6) is 11.5 Å². The molecule has 1 saturated heterocycles. The van der Waals surface area contributed by atoms with Crippen LogP contribution >= 0.6 is 12.2 Å². The minimum atomic E-state index is 0.579. The quantitative estimate of drug-likeness (QED) is 0.795. The monoisotopic (exact) mass is 377 g/mol. The molecule has 1 N–H and O–H groups in total. The number of methoxy groups -OCH3 is 2. The van der Waals surface area contributed by atoms with Gasteiger partial charge in [0.15, 0.2) is 5.11 Å². The summed E-state index contributed by atoms with van der Waals surface area (Å²) in [6.45, 7) is 4.84. The largest absolute Gasteiger partial charge is 0.497 e. The molecule has 0 aromatic heterocycles. The van der Waals surface area contributed by atoms with E-state index in [0.29, 0.717) is 6.04 Å². The Morgan fingerprint density at radius 2 is 1.81 bits per heavy atom. The lowest BCUT2D eigenvalue weighted by molar-refractivity contribution is 0.171. The second kappa shape index (κ2) is 9.42. The predicted molar refractivity (Wildman–Crippen MR) is 109 cm³/mol. The molecule has 1 heterocycles. The standard InChI is InChI=1S/C20H31N3O2S/c1-24-18-8-9-19(25-2)16(14-18)15-22-10-12-23(13-11-22)20(26)21-17-6-4-3-5-7-17/h8-9,14,17H,3-7,10-13,15H2,1-2H3,(H,21,26). The Labute approximate surface area is 162 Å². The van der Waals surface area contributed by atoms with E-state index < -0.39 is 0 Å². The SMILES string of the molecule is COc1ccc(OC)c(CN2CCN(C(=S)NC3CCCCC3)CC2)c1. The minimum absolute atomic E-state index is 0.579. The van der Waals surface area contributed by atoms with Crippen LogP contribution in [0.15, 0.2) is 18.2 Å². The molecule has 1 aliphatic heterocycles. The van der Waals surface area contributed by atoms with Gasteiger partial charge in [-0.05, 0) is 43.3 Å². The Balaban J connectivity index is 1.50. The lowest BCUT2D eigenvalue weighted by Gasteiger charge is -2.37. The molecule has 5 nitrogen and oxygen atoms in total. The number of hydrogen-bond donors (Lipinski definition) is 1. The van der Waals surface area contributed by atoms with E-state index >= 15 is 0 Å². The topological polar surface area (TPSA) is 37.0 Å². The Hall–Kier alpha value is -1.53. The lowest BCUT2D eigenvalue weighted by atomic mass is 9.96. The Bertz CT molecular complexity index is 597. The van der Waals surface area contributed by atoms with Gasteiger partial charge >= 0.3 is 0 Å². The molecule has 1 aliphatic carbocycles. The zero-order valence-electron chi connectivity index (χ0n) is 16.0. The molecule has 1 aromatic carbocycles. The summed E-state index contributed by atoms with van der Waals surface area (Å²) in [5.74, 6) is 1.79. The first-order chi connectivity index (χ1) is 12.7. The van der Waals surface area contributed by atoms with Gasteiger partial charge < -0.3 is 19.7 Å². The molecule has 0 amide bonds. The molecular formula is C20H31N3O2S. The number of hydrogen-bond acceptors (Lipinski definition) is 4. The molecule has 0 unspecified atom stereocenters. The van der Waals surface area contributed by atoms with Crippen molar-refractivity contribution >= 4 is 17.3 Å². The van der Waals surface area contributed by atoms with E-state index in [1.807, 2.05) is 12.1 Å². The van der Waals surface area contributed by atoms with Gasteiger partial charge in [-0.2, -0.15) is 0 Å². The molecule has 3 rings (SSSR count). The van der Waals surface area contributed by atoms with E-state index in [4.69, 9.17) is 21.7 Å². The summed E-state index contributed by atoms with van der Waals surface area (Å²) in [6.07, 6.45) is 6.55. The van der Waals surface area contributed by atoms with Crippen molar-refractivity contribution in [3.05, 3.63) is 23.8 Å². The summed E-state index contributed by atoms with van der Waals surface area (Å²) in [5.41, 5.74) is 1.17. The van der Waals surface area contributed by atoms with Crippen LogP contribution in [0.4, 0.5) is 0 Å². The molecule has 0 bridgehead atoms. The highest BCUT2D eigenvalue weighted by atomic mass is 32.1. The van der Waals surface area contributed by atoms with Crippen LogP contribution in [0.2, 0.25) is 0 Å². The number of rotatable bonds is 5. The van der Waals surface area contributed by atoms with Crippen molar-refractivity contribution in [2.75, 3.05) is 40.4 Å². The van der Waals surface area contributed by atoms with E-state index in [-0.39, 0.29) is 0 Å². The van der Waals surface area contributed by atoms with Gasteiger partial charge in [0.2, 0.25) is 0 Å². The number of thiocarbonyl (C=S) groups is 1. The summed E-state index contributed by atoms with van der Waals surface area (Å²) in [7, 11) is 3.42. The lowest BCUT2D eigenvalue weighted by Crippen LogP contribution is -2.53. The Morgan fingerprint density at radius 3 is 2.46 bits per heavy atom. The zero-order valence-corrected chi connectivity index (χ0v) is 16.8. The highest BCUT2D eigenvalue weighted by Gasteiger charge is 2.22. The van der Waals surface area contributed by atoms with E-state index in [0.717, 1.165) is 49.3 Å². The summed E-state index contributed by atoms with van der Waals surface area (Å²) in [6, 6.07) is 6.57. The van der Waals surface area contributed by atoms with E-state index in [1.165, 1.54) is 37.7 Å². The predicted octanol–water partition coefficient (Wildman–Crippen LogP) is 3.03. The summed E-state index contributed by atoms with van der Waals surface area (Å²) in [5, 5.41) is 4.53. The maximum absolute atomic E-state index is 5.66. The number of ether oxygens (including phenoxy) is 2. The van der Waals surface area contributed by atoms with Gasteiger partial charge in [0.1, 0.15) is 11.5 Å². The van der Waals surface area contributed by atoms with Crippen molar-refractivity contribution in [1.82, 2.24) is 15.1 Å². The average molecular weight is 378 g/mol. The van der Waals surface area contributed by atoms with Crippen LogP contribution in [0, 0.1) is 0 Å². The van der Waals surface area contributed by atoms with Crippen LogP contribution < -0.4 is 14.8 Å². The molecule has 6 heteroatoms. The van der Waals surface area contributed by atoms with Crippen LogP contribution in [-0.4, -0.2) is 61.4 Å². The number of benzene rings is 1.